The Morgan fingerprint density at radius 3 is 2.67 bits per heavy atom. The van der Waals surface area contributed by atoms with Crippen LogP contribution < -0.4 is 4.74 Å². The number of halogens is 1. The lowest BCUT2D eigenvalue weighted by atomic mass is 10.2. The molecular weight excluding hydrogens is 298 g/mol. The van der Waals surface area contributed by atoms with Crippen LogP contribution in [0.4, 0.5) is 0 Å². The fourth-order valence-electron chi connectivity index (χ4n) is 2.05. The molecule has 1 aromatic rings. The molecule has 0 bridgehead atoms. The molecule has 0 spiro atoms. The van der Waals surface area contributed by atoms with Crippen LogP contribution >= 0.6 is 11.6 Å². The summed E-state index contributed by atoms with van der Waals surface area (Å²) in [5.41, 5.74) is -0.0656. The van der Waals surface area contributed by atoms with Gasteiger partial charge in [0.15, 0.2) is 6.10 Å². The summed E-state index contributed by atoms with van der Waals surface area (Å²) in [5.74, 6) is -1.22. The number of hydrogen-bond donors (Lipinski definition) is 1. The number of hydrogen-bond acceptors (Lipinski definition) is 4. The van der Waals surface area contributed by atoms with E-state index in [1.54, 1.807) is 11.8 Å². The first kappa shape index (κ1) is 15.6. The van der Waals surface area contributed by atoms with E-state index in [0.717, 1.165) is 0 Å². The van der Waals surface area contributed by atoms with E-state index in [-0.39, 0.29) is 17.2 Å². The zero-order chi connectivity index (χ0) is 15.4. The van der Waals surface area contributed by atoms with Crippen molar-refractivity contribution in [3.05, 3.63) is 28.8 Å². The summed E-state index contributed by atoms with van der Waals surface area (Å²) in [7, 11) is 0. The normalized spacial score (nSPS) is 16.4. The third kappa shape index (κ3) is 3.86. The second kappa shape index (κ2) is 6.78. The molecule has 1 fully saturated rings. The van der Waals surface area contributed by atoms with Gasteiger partial charge >= 0.3 is 5.97 Å². The molecule has 0 aromatic heterocycles. The molecule has 0 radical (unpaired) electrons. The van der Waals surface area contributed by atoms with Gasteiger partial charge in [-0.2, -0.15) is 0 Å². The van der Waals surface area contributed by atoms with Gasteiger partial charge in [-0.15, -0.1) is 0 Å². The molecule has 1 aliphatic rings. The van der Waals surface area contributed by atoms with E-state index in [2.05, 4.69) is 0 Å². The number of carbonyl (C=O) groups is 2. The molecule has 1 aromatic carbocycles. The van der Waals surface area contributed by atoms with Crippen molar-refractivity contribution in [3.63, 3.8) is 0 Å². The Hall–Kier alpha value is -1.79. The van der Waals surface area contributed by atoms with E-state index in [9.17, 15) is 9.59 Å². The van der Waals surface area contributed by atoms with E-state index in [0.29, 0.717) is 31.3 Å². The predicted octanol–water partition coefficient (Wildman–Crippen LogP) is 1.66. The minimum absolute atomic E-state index is 0.0656. The Morgan fingerprint density at radius 2 is 2.05 bits per heavy atom. The lowest BCUT2D eigenvalue weighted by Crippen LogP contribution is -2.46. The van der Waals surface area contributed by atoms with Gasteiger partial charge in [0.25, 0.3) is 5.91 Å². The fourth-order valence-corrected chi connectivity index (χ4v) is 2.23. The number of rotatable bonds is 4. The third-order valence-electron chi connectivity index (χ3n) is 3.15. The van der Waals surface area contributed by atoms with Gasteiger partial charge in [0.2, 0.25) is 0 Å². The molecule has 1 atom stereocenters. The number of amides is 1. The van der Waals surface area contributed by atoms with Crippen LogP contribution in [0.3, 0.4) is 0 Å². The largest absolute Gasteiger partial charge is 0.480 e. The zero-order valence-electron chi connectivity index (χ0n) is 11.5. The summed E-state index contributed by atoms with van der Waals surface area (Å²) in [6, 6.07) is 4.27. The molecular formula is C14H16ClNO5. The molecule has 1 aliphatic heterocycles. The summed E-state index contributed by atoms with van der Waals surface area (Å²) in [6.07, 6.45) is -0.776. The van der Waals surface area contributed by atoms with Crippen LogP contribution in [0.15, 0.2) is 18.2 Å². The van der Waals surface area contributed by atoms with Gasteiger partial charge in [-0.05, 0) is 25.1 Å². The molecule has 1 N–H and O–H groups in total. The summed E-state index contributed by atoms with van der Waals surface area (Å²) in [5, 5.41) is 9.44. The number of carbonyl (C=O) groups excluding carboxylic acids is 1. The summed E-state index contributed by atoms with van der Waals surface area (Å²) >= 11 is 5.77. The van der Waals surface area contributed by atoms with Crippen molar-refractivity contribution >= 4 is 23.5 Å². The van der Waals surface area contributed by atoms with Crippen molar-refractivity contribution in [2.45, 2.75) is 13.0 Å². The highest BCUT2D eigenvalue weighted by molar-refractivity contribution is 6.31. The van der Waals surface area contributed by atoms with Crippen LogP contribution in [-0.2, 0) is 9.53 Å². The van der Waals surface area contributed by atoms with E-state index >= 15 is 0 Å². The maximum atomic E-state index is 12.2. The van der Waals surface area contributed by atoms with Gasteiger partial charge < -0.3 is 19.5 Å². The average Bonchev–Trinajstić information content (AvgIpc) is 2.49. The molecule has 1 saturated heterocycles. The highest BCUT2D eigenvalue weighted by atomic mass is 35.5. The van der Waals surface area contributed by atoms with E-state index < -0.39 is 12.1 Å². The summed E-state index contributed by atoms with van der Waals surface area (Å²) < 4.78 is 10.7. The van der Waals surface area contributed by atoms with Crippen molar-refractivity contribution in [1.82, 2.24) is 4.90 Å². The molecule has 2 rings (SSSR count). The van der Waals surface area contributed by atoms with Gasteiger partial charge in [-0.3, -0.25) is 4.79 Å². The van der Waals surface area contributed by atoms with Gasteiger partial charge in [-0.1, -0.05) is 11.6 Å². The number of carboxylic acids is 1. The lowest BCUT2D eigenvalue weighted by molar-refractivity contribution is -0.142. The number of morpholine rings is 1. The lowest BCUT2D eigenvalue weighted by Gasteiger charge is -2.29. The summed E-state index contributed by atoms with van der Waals surface area (Å²) in [6.45, 7) is 3.62. The second-order valence-corrected chi connectivity index (χ2v) is 5.08. The third-order valence-corrected chi connectivity index (χ3v) is 3.38. The van der Waals surface area contributed by atoms with Gasteiger partial charge in [0, 0.05) is 18.1 Å². The van der Waals surface area contributed by atoms with Crippen LogP contribution in [0, 0.1) is 0 Å². The minimum Gasteiger partial charge on any atom is -0.480 e. The number of nitrogens with zero attached hydrogens (tertiary/aromatic N) is 1. The molecule has 1 amide bonds. The Morgan fingerprint density at radius 1 is 1.38 bits per heavy atom. The van der Waals surface area contributed by atoms with Crippen LogP contribution in [0.25, 0.3) is 0 Å². The van der Waals surface area contributed by atoms with Crippen LogP contribution in [-0.4, -0.2) is 54.3 Å². The smallest absolute Gasteiger partial charge is 0.339 e. The van der Waals surface area contributed by atoms with Crippen molar-refractivity contribution in [2.75, 3.05) is 26.3 Å². The number of benzene rings is 1. The first-order chi connectivity index (χ1) is 9.99. The molecule has 114 valence electrons. The molecule has 0 saturated carbocycles. The standard InChI is InChI=1S/C14H16ClNO5/c1-9(13(17)16-4-6-20-7-5-16)21-12-3-2-10(15)8-11(12)14(18)19/h2-3,8-9H,4-7H2,1H3,(H,18,19). The maximum absolute atomic E-state index is 12.2. The zero-order valence-corrected chi connectivity index (χ0v) is 12.3. The highest BCUT2D eigenvalue weighted by Gasteiger charge is 2.25. The number of carboxylic acid groups (broad SMARTS) is 1. The first-order valence-electron chi connectivity index (χ1n) is 6.55. The maximum Gasteiger partial charge on any atom is 0.339 e. The Bertz CT molecular complexity index is 542. The monoisotopic (exact) mass is 313 g/mol. The van der Waals surface area contributed by atoms with Gasteiger partial charge in [0.05, 0.1) is 13.2 Å². The molecule has 7 heteroatoms. The van der Waals surface area contributed by atoms with Crippen LogP contribution in [0.1, 0.15) is 17.3 Å². The Kier molecular flexibility index (Phi) is 5.03. The first-order valence-corrected chi connectivity index (χ1v) is 6.93. The molecule has 0 aliphatic carbocycles. The molecule has 1 unspecified atom stereocenters. The van der Waals surface area contributed by atoms with Crippen LogP contribution in [0.2, 0.25) is 5.02 Å². The topological polar surface area (TPSA) is 76.1 Å². The van der Waals surface area contributed by atoms with Crippen molar-refractivity contribution in [1.29, 1.82) is 0 Å². The SMILES string of the molecule is CC(Oc1ccc(Cl)cc1C(=O)O)C(=O)N1CCOCC1. The van der Waals surface area contributed by atoms with Crippen molar-refractivity contribution in [2.24, 2.45) is 0 Å². The van der Waals surface area contributed by atoms with Crippen LogP contribution in [0.5, 0.6) is 5.75 Å². The average molecular weight is 314 g/mol. The summed E-state index contributed by atoms with van der Waals surface area (Å²) in [4.78, 5) is 25.0. The molecule has 21 heavy (non-hydrogen) atoms. The van der Waals surface area contributed by atoms with Crippen molar-refractivity contribution in [3.8, 4) is 5.75 Å². The minimum atomic E-state index is -1.15. The van der Waals surface area contributed by atoms with E-state index in [4.69, 9.17) is 26.2 Å². The predicted molar refractivity (Wildman–Crippen MR) is 75.9 cm³/mol. The molecule has 1 heterocycles. The quantitative estimate of drug-likeness (QED) is 0.915. The molecule has 6 nitrogen and oxygen atoms in total. The fraction of sp³-hybridized carbons (Fsp3) is 0.429. The second-order valence-electron chi connectivity index (χ2n) is 4.64. The Labute approximate surface area is 127 Å². The van der Waals surface area contributed by atoms with Gasteiger partial charge in [0.1, 0.15) is 11.3 Å². The highest BCUT2D eigenvalue weighted by Crippen LogP contribution is 2.24. The number of ether oxygens (including phenoxy) is 2. The van der Waals surface area contributed by atoms with Crippen molar-refractivity contribution < 1.29 is 24.2 Å². The Balaban J connectivity index is 2.10. The number of aromatic carboxylic acids is 1. The van der Waals surface area contributed by atoms with Gasteiger partial charge in [-0.25, -0.2) is 4.79 Å². The van der Waals surface area contributed by atoms with E-state index in [1.165, 1.54) is 18.2 Å². The van der Waals surface area contributed by atoms with E-state index in [1.807, 2.05) is 0 Å².